The second kappa shape index (κ2) is 6.51. The van der Waals surface area contributed by atoms with Crippen LogP contribution in [0.4, 0.5) is 5.95 Å². The number of methoxy groups -OCH3 is 1. The Morgan fingerprint density at radius 3 is 2.88 bits per heavy atom. The number of hydrogen-bond acceptors (Lipinski definition) is 5. The number of benzene rings is 1. The van der Waals surface area contributed by atoms with Crippen molar-refractivity contribution >= 4 is 17.3 Å². The smallest absolute Gasteiger partial charge is 0.255 e. The van der Waals surface area contributed by atoms with Crippen molar-refractivity contribution in [3.8, 4) is 17.0 Å². The highest BCUT2D eigenvalue weighted by atomic mass is 16.5. The molecular formula is C19H20N6O. The summed E-state index contributed by atoms with van der Waals surface area (Å²) in [5.74, 6) is 2.09. The highest BCUT2D eigenvalue weighted by Gasteiger charge is 2.28. The largest absolute Gasteiger partial charge is 0.497 e. The van der Waals surface area contributed by atoms with Crippen LogP contribution in [0.1, 0.15) is 24.3 Å². The number of nitrogens with zero attached hydrogens (tertiary/aromatic N) is 4. The first-order valence-corrected chi connectivity index (χ1v) is 8.45. The molecule has 1 aliphatic carbocycles. The van der Waals surface area contributed by atoms with Crippen LogP contribution in [0.25, 0.3) is 16.8 Å². The molecule has 0 radical (unpaired) electrons. The van der Waals surface area contributed by atoms with Gasteiger partial charge in [0.1, 0.15) is 17.3 Å². The van der Waals surface area contributed by atoms with Crippen molar-refractivity contribution in [2.24, 2.45) is 16.5 Å². The van der Waals surface area contributed by atoms with E-state index in [0.717, 1.165) is 22.5 Å². The van der Waals surface area contributed by atoms with E-state index >= 15 is 0 Å². The average Bonchev–Trinajstić information content (AvgIpc) is 3.38. The molecule has 0 atom stereocenters. The summed E-state index contributed by atoms with van der Waals surface area (Å²) in [6, 6.07) is 10.1. The van der Waals surface area contributed by atoms with Crippen LogP contribution in [-0.2, 0) is 0 Å². The fourth-order valence-electron chi connectivity index (χ4n) is 3.08. The maximum absolute atomic E-state index is 5.82. The Balaban J connectivity index is 1.87. The third-order valence-corrected chi connectivity index (χ3v) is 4.47. The third-order valence-electron chi connectivity index (χ3n) is 4.47. The van der Waals surface area contributed by atoms with Crippen LogP contribution in [0.3, 0.4) is 0 Å². The lowest BCUT2D eigenvalue weighted by Crippen LogP contribution is -2.09. The fourth-order valence-corrected chi connectivity index (χ4v) is 3.08. The van der Waals surface area contributed by atoms with Crippen LogP contribution in [0, 0.1) is 0 Å². The minimum atomic E-state index is 0.271. The van der Waals surface area contributed by atoms with Gasteiger partial charge in [-0.05, 0) is 66.9 Å². The van der Waals surface area contributed by atoms with Crippen LogP contribution in [-0.4, -0.2) is 27.5 Å². The van der Waals surface area contributed by atoms with E-state index < -0.39 is 0 Å². The highest BCUT2D eigenvalue weighted by molar-refractivity contribution is 5.93. The lowest BCUT2D eigenvalue weighted by atomic mass is 9.99. The Kier molecular flexibility index (Phi) is 4.04. The molecule has 1 saturated carbocycles. The molecule has 0 spiro atoms. The molecule has 0 bridgehead atoms. The predicted octanol–water partition coefficient (Wildman–Crippen LogP) is 2.74. The minimum absolute atomic E-state index is 0.271. The average molecular weight is 348 g/mol. The predicted molar refractivity (Wildman–Crippen MR) is 102 cm³/mol. The molecule has 0 amide bonds. The molecule has 2 heterocycles. The van der Waals surface area contributed by atoms with Crippen LogP contribution in [0.2, 0.25) is 0 Å². The zero-order chi connectivity index (χ0) is 18.1. The van der Waals surface area contributed by atoms with E-state index in [1.165, 1.54) is 30.7 Å². The summed E-state index contributed by atoms with van der Waals surface area (Å²) in [5.41, 5.74) is 15.3. The number of hydrogen-bond donors (Lipinski definition) is 2. The van der Waals surface area contributed by atoms with Crippen LogP contribution >= 0.6 is 0 Å². The Bertz CT molecular complexity index is 1020. The minimum Gasteiger partial charge on any atom is -0.497 e. The Hall–Kier alpha value is -3.35. The van der Waals surface area contributed by atoms with E-state index in [4.69, 9.17) is 16.2 Å². The first kappa shape index (κ1) is 16.1. The Labute approximate surface area is 151 Å². The second-order valence-corrected chi connectivity index (χ2v) is 6.24. The van der Waals surface area contributed by atoms with Gasteiger partial charge in [-0.1, -0.05) is 0 Å². The van der Waals surface area contributed by atoms with Crippen LogP contribution in [0.5, 0.6) is 5.75 Å². The van der Waals surface area contributed by atoms with Gasteiger partial charge in [0.25, 0.3) is 5.95 Å². The second-order valence-electron chi connectivity index (χ2n) is 6.24. The summed E-state index contributed by atoms with van der Waals surface area (Å²) in [7, 11) is 1.68. The molecule has 4 rings (SSSR count). The van der Waals surface area contributed by atoms with Crippen LogP contribution < -0.4 is 16.2 Å². The van der Waals surface area contributed by atoms with Gasteiger partial charge < -0.3 is 16.2 Å². The van der Waals surface area contributed by atoms with Crippen molar-refractivity contribution in [3.63, 3.8) is 0 Å². The number of nitrogens with two attached hydrogens (primary N) is 2. The summed E-state index contributed by atoms with van der Waals surface area (Å²) in [6.45, 7) is 0. The van der Waals surface area contributed by atoms with E-state index in [2.05, 4.69) is 27.3 Å². The molecular weight excluding hydrogens is 328 g/mol. The van der Waals surface area contributed by atoms with E-state index in [9.17, 15) is 0 Å². The van der Waals surface area contributed by atoms with Gasteiger partial charge >= 0.3 is 0 Å². The van der Waals surface area contributed by atoms with Crippen molar-refractivity contribution in [3.05, 3.63) is 54.4 Å². The number of fused-ring (bicyclic) bond motifs is 1. The first-order chi connectivity index (χ1) is 12.7. The van der Waals surface area contributed by atoms with Crippen molar-refractivity contribution in [2.75, 3.05) is 7.11 Å². The molecule has 7 nitrogen and oxygen atoms in total. The molecule has 1 fully saturated rings. The summed E-state index contributed by atoms with van der Waals surface area (Å²) < 4.78 is 7.27. The summed E-state index contributed by atoms with van der Waals surface area (Å²) in [5, 5.41) is 8.74. The number of rotatable bonds is 5. The molecule has 1 aliphatic rings. The lowest BCUT2D eigenvalue weighted by Gasteiger charge is -2.12. The summed E-state index contributed by atoms with van der Waals surface area (Å²) in [6.07, 6.45) is 7.13. The highest BCUT2D eigenvalue weighted by Crippen LogP contribution is 2.46. The van der Waals surface area contributed by atoms with Crippen molar-refractivity contribution in [1.29, 1.82) is 0 Å². The van der Waals surface area contributed by atoms with Gasteiger partial charge in [-0.3, -0.25) is 4.40 Å². The fraction of sp³-hybridized carbons (Fsp3) is 0.211. The number of aromatic nitrogens is 3. The monoisotopic (exact) mass is 348 g/mol. The van der Waals surface area contributed by atoms with Gasteiger partial charge in [0.15, 0.2) is 0 Å². The number of ether oxygens (including phenoxy) is 1. The molecule has 0 unspecified atom stereocenters. The zero-order valence-corrected chi connectivity index (χ0v) is 14.5. The molecule has 1 aromatic carbocycles. The zero-order valence-electron chi connectivity index (χ0n) is 14.5. The topological polar surface area (TPSA) is 104 Å². The SMILES string of the molecule is COc1ccc(-c2nnc(N=C(N)/C=C\N)n3cccc23)c(C2CC2)c1. The van der Waals surface area contributed by atoms with Gasteiger partial charge in [-0.25, -0.2) is 0 Å². The van der Waals surface area contributed by atoms with E-state index in [-0.39, 0.29) is 5.84 Å². The van der Waals surface area contributed by atoms with Crippen molar-refractivity contribution < 1.29 is 4.74 Å². The normalized spacial score (nSPS) is 15.0. The molecule has 0 saturated heterocycles. The maximum atomic E-state index is 5.82. The van der Waals surface area contributed by atoms with Crippen molar-refractivity contribution in [2.45, 2.75) is 18.8 Å². The van der Waals surface area contributed by atoms with Crippen molar-refractivity contribution in [1.82, 2.24) is 14.6 Å². The summed E-state index contributed by atoms with van der Waals surface area (Å²) in [4.78, 5) is 4.28. The van der Waals surface area contributed by atoms with Crippen LogP contribution in [0.15, 0.2) is 53.8 Å². The van der Waals surface area contributed by atoms with Gasteiger partial charge in [0, 0.05) is 11.8 Å². The molecule has 7 heteroatoms. The van der Waals surface area contributed by atoms with Gasteiger partial charge in [0.2, 0.25) is 0 Å². The van der Waals surface area contributed by atoms with E-state index in [1.807, 2.05) is 28.8 Å². The molecule has 3 aromatic rings. The number of amidine groups is 1. The van der Waals surface area contributed by atoms with Gasteiger partial charge in [-0.2, -0.15) is 4.99 Å². The first-order valence-electron chi connectivity index (χ1n) is 8.45. The molecule has 132 valence electrons. The third kappa shape index (κ3) is 2.88. The molecule has 2 aromatic heterocycles. The standard InChI is InChI=1S/C19H20N6O/c1-26-13-6-7-14(15(11-13)12-4-5-12)18-16-3-2-10-25(16)19(24-23-18)22-17(21)8-9-20/h2-3,6-12H,4-5,20H2,1H3,(H2,21,22,24)/b9-8-. The van der Waals surface area contributed by atoms with Gasteiger partial charge in [0.05, 0.1) is 12.6 Å². The molecule has 0 aliphatic heterocycles. The maximum Gasteiger partial charge on any atom is 0.255 e. The van der Waals surface area contributed by atoms with Gasteiger partial charge in [-0.15, -0.1) is 10.2 Å². The quantitative estimate of drug-likeness (QED) is 0.545. The number of aliphatic imine (C=N–C) groups is 1. The molecule has 4 N–H and O–H groups in total. The molecule has 26 heavy (non-hydrogen) atoms. The summed E-state index contributed by atoms with van der Waals surface area (Å²) >= 11 is 0. The Morgan fingerprint density at radius 2 is 2.15 bits per heavy atom. The van der Waals surface area contributed by atoms with E-state index in [0.29, 0.717) is 11.9 Å². The lowest BCUT2D eigenvalue weighted by molar-refractivity contribution is 0.414. The van der Waals surface area contributed by atoms with E-state index in [1.54, 1.807) is 7.11 Å². The Morgan fingerprint density at radius 1 is 1.31 bits per heavy atom.